The van der Waals surface area contributed by atoms with E-state index in [4.69, 9.17) is 14.6 Å². The first kappa shape index (κ1) is 24.5. The molecule has 0 bridgehead atoms. The number of nitrogens with one attached hydrogen (secondary N) is 1. The third-order valence-corrected chi connectivity index (χ3v) is 6.12. The van der Waals surface area contributed by atoms with Crippen LogP contribution in [0.25, 0.3) is 0 Å². The highest BCUT2D eigenvalue weighted by molar-refractivity contribution is 6.05. The first-order chi connectivity index (χ1) is 16.5. The van der Waals surface area contributed by atoms with Crippen LogP contribution in [0.1, 0.15) is 45.5 Å². The number of carbonyl (C=O) groups excluding carboxylic acids is 2. The van der Waals surface area contributed by atoms with Crippen LogP contribution in [0.5, 0.6) is 5.75 Å². The van der Waals surface area contributed by atoms with Crippen LogP contribution >= 0.6 is 0 Å². The van der Waals surface area contributed by atoms with Gasteiger partial charge in [-0.2, -0.15) is 13.2 Å². The molecule has 0 aromatic heterocycles. The van der Waals surface area contributed by atoms with Gasteiger partial charge in [0.2, 0.25) is 0 Å². The number of fused-ring (bicyclic) bond motifs is 2. The van der Waals surface area contributed by atoms with Crippen LogP contribution < -0.4 is 10.1 Å². The predicted octanol–water partition coefficient (Wildman–Crippen LogP) is 3.81. The molecule has 0 saturated carbocycles. The summed E-state index contributed by atoms with van der Waals surface area (Å²) in [5, 5.41) is 11.6. The summed E-state index contributed by atoms with van der Waals surface area (Å²) in [6, 6.07) is 8.09. The number of anilines is 1. The van der Waals surface area contributed by atoms with E-state index >= 15 is 0 Å². The minimum absolute atomic E-state index is 0.0986. The van der Waals surface area contributed by atoms with Gasteiger partial charge >= 0.3 is 12.1 Å². The molecule has 0 radical (unpaired) electrons. The summed E-state index contributed by atoms with van der Waals surface area (Å²) >= 11 is 0. The van der Waals surface area contributed by atoms with Crippen molar-refractivity contribution in [2.75, 3.05) is 19.0 Å². The summed E-state index contributed by atoms with van der Waals surface area (Å²) in [7, 11) is 1.61. The highest BCUT2D eigenvalue weighted by Crippen LogP contribution is 2.33. The second kappa shape index (κ2) is 9.57. The lowest BCUT2D eigenvalue weighted by Crippen LogP contribution is -2.53. The molecule has 11 heteroatoms. The number of alkyl halides is 3. The third-order valence-electron chi connectivity index (χ3n) is 6.12. The second-order valence-corrected chi connectivity index (χ2v) is 8.51. The van der Waals surface area contributed by atoms with E-state index in [0.717, 1.165) is 18.2 Å². The van der Waals surface area contributed by atoms with Gasteiger partial charge in [0, 0.05) is 18.3 Å². The van der Waals surface area contributed by atoms with Crippen molar-refractivity contribution in [3.8, 4) is 5.75 Å². The predicted molar refractivity (Wildman–Crippen MR) is 117 cm³/mol. The van der Waals surface area contributed by atoms with Gasteiger partial charge in [-0.25, -0.2) is 0 Å². The second-order valence-electron chi connectivity index (χ2n) is 8.51. The smallest absolute Gasteiger partial charge is 0.416 e. The lowest BCUT2D eigenvalue weighted by Gasteiger charge is -2.42. The Bertz CT molecular complexity index is 1150. The molecule has 4 rings (SSSR count). The fraction of sp³-hybridized carbons (Fsp3) is 0.375. The molecule has 2 N–H and O–H groups in total. The van der Waals surface area contributed by atoms with Gasteiger partial charge in [0.15, 0.2) is 0 Å². The maximum absolute atomic E-state index is 13.2. The SMILES string of the molecule is CN1C(=O)c2cc(NC(=O)c3cccc(C(F)(F)F)c3)ccc2OC[C@H]2O[C@@H](CC(=O)O)CC[C@H]21. The van der Waals surface area contributed by atoms with Gasteiger partial charge < -0.3 is 24.8 Å². The van der Waals surface area contributed by atoms with Crippen LogP contribution in [0, 0.1) is 0 Å². The van der Waals surface area contributed by atoms with Crippen LogP contribution in [-0.2, 0) is 15.7 Å². The molecule has 0 unspecified atom stereocenters. The Labute approximate surface area is 198 Å². The Balaban J connectivity index is 1.53. The molecule has 186 valence electrons. The molecule has 3 atom stereocenters. The topological polar surface area (TPSA) is 105 Å². The Morgan fingerprint density at radius 1 is 1.17 bits per heavy atom. The Kier molecular flexibility index (Phi) is 6.70. The molecule has 2 aromatic rings. The van der Waals surface area contributed by atoms with E-state index in [2.05, 4.69) is 5.32 Å². The Morgan fingerprint density at radius 2 is 1.94 bits per heavy atom. The van der Waals surface area contributed by atoms with Crippen molar-refractivity contribution >= 4 is 23.5 Å². The molecule has 2 aromatic carbocycles. The average molecular weight is 492 g/mol. The fourth-order valence-electron chi connectivity index (χ4n) is 4.34. The van der Waals surface area contributed by atoms with Gasteiger partial charge in [0.1, 0.15) is 18.5 Å². The molecule has 8 nitrogen and oxygen atoms in total. The van der Waals surface area contributed by atoms with E-state index < -0.39 is 35.8 Å². The number of hydrogen-bond acceptors (Lipinski definition) is 5. The summed E-state index contributed by atoms with van der Waals surface area (Å²) in [4.78, 5) is 38.3. The van der Waals surface area contributed by atoms with Gasteiger partial charge in [-0.1, -0.05) is 6.07 Å². The minimum Gasteiger partial charge on any atom is -0.490 e. The zero-order valence-corrected chi connectivity index (χ0v) is 18.7. The molecule has 35 heavy (non-hydrogen) atoms. The zero-order chi connectivity index (χ0) is 25.3. The summed E-state index contributed by atoms with van der Waals surface area (Å²) in [5.41, 5.74) is -0.719. The van der Waals surface area contributed by atoms with Crippen molar-refractivity contribution in [1.82, 2.24) is 4.90 Å². The average Bonchev–Trinajstić information content (AvgIpc) is 2.81. The molecule has 1 saturated heterocycles. The monoisotopic (exact) mass is 492 g/mol. The quantitative estimate of drug-likeness (QED) is 0.673. The van der Waals surface area contributed by atoms with Gasteiger partial charge in [0.25, 0.3) is 11.8 Å². The summed E-state index contributed by atoms with van der Waals surface area (Å²) in [6.07, 6.45) is -4.67. The first-order valence-electron chi connectivity index (χ1n) is 10.9. The van der Waals surface area contributed by atoms with E-state index in [1.165, 1.54) is 29.2 Å². The number of carbonyl (C=O) groups is 3. The number of benzene rings is 2. The molecule has 2 amide bonds. The lowest BCUT2D eigenvalue weighted by molar-refractivity contribution is -0.148. The van der Waals surface area contributed by atoms with Gasteiger partial charge in [0.05, 0.1) is 29.7 Å². The van der Waals surface area contributed by atoms with Gasteiger partial charge in [-0.15, -0.1) is 0 Å². The van der Waals surface area contributed by atoms with E-state index in [0.29, 0.717) is 12.8 Å². The number of hydrogen-bond donors (Lipinski definition) is 2. The standard InChI is InChI=1S/C24H23F3N2O6/c1-29-18-7-6-16(11-21(30)31)35-20(18)12-34-19-8-5-15(10-17(19)23(29)33)28-22(32)13-3-2-4-14(9-13)24(25,26)27/h2-5,8-10,16,18,20H,6-7,11-12H2,1H3,(H,28,32)(H,30,31)/t16-,18-,20-/m1/s1. The van der Waals surface area contributed by atoms with E-state index in [1.807, 2.05) is 0 Å². The summed E-state index contributed by atoms with van der Waals surface area (Å²) in [5.74, 6) is -1.85. The van der Waals surface area contributed by atoms with Crippen LogP contribution in [0.15, 0.2) is 42.5 Å². The number of ether oxygens (including phenoxy) is 2. The van der Waals surface area contributed by atoms with Crippen LogP contribution in [0.2, 0.25) is 0 Å². The van der Waals surface area contributed by atoms with Gasteiger partial charge in [-0.05, 0) is 49.2 Å². The number of rotatable bonds is 4. The molecule has 0 aliphatic carbocycles. The number of likely N-dealkylation sites (N-methyl/N-ethyl adjacent to an activating group) is 1. The number of nitrogens with zero attached hydrogens (tertiary/aromatic N) is 1. The van der Waals surface area contributed by atoms with Gasteiger partial charge in [-0.3, -0.25) is 14.4 Å². The lowest BCUT2D eigenvalue weighted by atomic mass is 9.94. The highest BCUT2D eigenvalue weighted by atomic mass is 19.4. The molecule has 2 aliphatic rings. The van der Waals surface area contributed by atoms with Crippen molar-refractivity contribution in [3.05, 3.63) is 59.2 Å². The van der Waals surface area contributed by atoms with Crippen molar-refractivity contribution in [2.45, 2.75) is 43.7 Å². The fourth-order valence-corrected chi connectivity index (χ4v) is 4.34. The normalized spacial score (nSPS) is 22.2. The number of amides is 2. The van der Waals surface area contributed by atoms with Crippen LogP contribution in [0.4, 0.5) is 18.9 Å². The maximum atomic E-state index is 13.2. The van der Waals surface area contributed by atoms with Crippen LogP contribution in [0.3, 0.4) is 0 Å². The molecular weight excluding hydrogens is 469 g/mol. The minimum atomic E-state index is -4.58. The molecule has 0 spiro atoms. The zero-order valence-electron chi connectivity index (χ0n) is 18.7. The maximum Gasteiger partial charge on any atom is 0.416 e. The highest BCUT2D eigenvalue weighted by Gasteiger charge is 2.39. The van der Waals surface area contributed by atoms with Crippen LogP contribution in [-0.4, -0.2) is 59.7 Å². The number of aliphatic carboxylic acids is 1. The molecular formula is C24H23F3N2O6. The Hall–Kier alpha value is -3.60. The largest absolute Gasteiger partial charge is 0.490 e. The molecule has 2 aliphatic heterocycles. The molecule has 2 heterocycles. The number of carboxylic acid groups (broad SMARTS) is 1. The summed E-state index contributed by atoms with van der Waals surface area (Å²) < 4.78 is 50.6. The van der Waals surface area contributed by atoms with Crippen molar-refractivity contribution < 1.29 is 42.1 Å². The van der Waals surface area contributed by atoms with Crippen molar-refractivity contribution in [3.63, 3.8) is 0 Å². The van der Waals surface area contributed by atoms with E-state index in [9.17, 15) is 27.6 Å². The van der Waals surface area contributed by atoms with E-state index in [-0.39, 0.29) is 47.5 Å². The number of carboxylic acids is 1. The van der Waals surface area contributed by atoms with Crippen molar-refractivity contribution in [2.24, 2.45) is 0 Å². The first-order valence-corrected chi connectivity index (χ1v) is 10.9. The van der Waals surface area contributed by atoms with E-state index in [1.54, 1.807) is 7.05 Å². The van der Waals surface area contributed by atoms with Crippen molar-refractivity contribution in [1.29, 1.82) is 0 Å². The Morgan fingerprint density at radius 3 is 2.66 bits per heavy atom. The summed E-state index contributed by atoms with van der Waals surface area (Å²) in [6.45, 7) is 0.0986. The third kappa shape index (κ3) is 5.40. The molecule has 1 fully saturated rings. The number of halogens is 3.